The van der Waals surface area contributed by atoms with E-state index < -0.39 is 39.9 Å². The molecule has 2 fully saturated rings. The Balaban J connectivity index is 1.60. The molecular weight excluding hydrogens is 385 g/mol. The van der Waals surface area contributed by atoms with E-state index >= 15 is 0 Å². The number of likely N-dealkylation sites (tertiary alicyclic amines) is 1. The Morgan fingerprint density at radius 2 is 1.75 bits per heavy atom. The van der Waals surface area contributed by atoms with Gasteiger partial charge in [-0.2, -0.15) is 8.42 Å². The molecule has 28 heavy (non-hydrogen) atoms. The first-order chi connectivity index (χ1) is 13.3. The zero-order chi connectivity index (χ0) is 19.9. The summed E-state index contributed by atoms with van der Waals surface area (Å²) in [6.07, 6.45) is 2.44. The highest BCUT2D eigenvalue weighted by Crippen LogP contribution is 2.37. The third kappa shape index (κ3) is 3.55. The van der Waals surface area contributed by atoms with Crippen LogP contribution in [-0.4, -0.2) is 44.0 Å². The summed E-state index contributed by atoms with van der Waals surface area (Å²) in [5.74, 6) is -2.25. The lowest BCUT2D eigenvalue weighted by molar-refractivity contribution is -0.117. The van der Waals surface area contributed by atoms with Crippen LogP contribution in [0.3, 0.4) is 0 Å². The first-order valence-corrected chi connectivity index (χ1v) is 10.4. The summed E-state index contributed by atoms with van der Waals surface area (Å²) in [4.78, 5) is 13.7. The Labute approximate surface area is 162 Å². The topological polar surface area (TPSA) is 90.0 Å². The highest BCUT2D eigenvalue weighted by Gasteiger charge is 2.37. The van der Waals surface area contributed by atoms with E-state index in [1.54, 1.807) is 4.72 Å². The molecular formula is C19H20FN3O4S. The standard InChI is InChI=1S/C19H20FN3O4S/c20-16-9-15(10-17(24)19(16)23-12-18(25)21-28(23,26)27)14-5-3-13(4-6-14)11-22-7-1-2-8-22/h3-6,9-10,24H,1-2,7-8,11-12H2,(H,21,25). The van der Waals surface area contributed by atoms with Gasteiger partial charge in [-0.1, -0.05) is 24.3 Å². The van der Waals surface area contributed by atoms with Gasteiger partial charge in [-0.15, -0.1) is 0 Å². The largest absolute Gasteiger partial charge is 0.506 e. The number of amides is 1. The van der Waals surface area contributed by atoms with Crippen molar-refractivity contribution >= 4 is 21.8 Å². The fourth-order valence-corrected chi connectivity index (χ4v) is 4.82. The molecule has 0 atom stereocenters. The van der Waals surface area contributed by atoms with Crippen LogP contribution in [0.2, 0.25) is 0 Å². The van der Waals surface area contributed by atoms with Crippen molar-refractivity contribution in [3.05, 3.63) is 47.8 Å². The van der Waals surface area contributed by atoms with E-state index in [1.165, 1.54) is 18.9 Å². The predicted molar refractivity (Wildman–Crippen MR) is 102 cm³/mol. The second-order valence-corrected chi connectivity index (χ2v) is 8.64. The number of nitrogens with zero attached hydrogens (tertiary/aromatic N) is 2. The van der Waals surface area contributed by atoms with Crippen molar-refractivity contribution in [2.24, 2.45) is 0 Å². The average Bonchev–Trinajstić information content (AvgIpc) is 3.22. The van der Waals surface area contributed by atoms with Crippen molar-refractivity contribution in [1.29, 1.82) is 0 Å². The van der Waals surface area contributed by atoms with Crippen LogP contribution in [0.15, 0.2) is 36.4 Å². The van der Waals surface area contributed by atoms with Crippen LogP contribution in [-0.2, 0) is 21.5 Å². The SMILES string of the molecule is O=C1CN(c2c(O)cc(-c3ccc(CN4CCCC4)cc3)cc2F)S(=O)(=O)N1. The van der Waals surface area contributed by atoms with Crippen molar-refractivity contribution in [2.75, 3.05) is 23.9 Å². The number of hydrogen-bond acceptors (Lipinski definition) is 5. The molecule has 2 N–H and O–H groups in total. The Bertz CT molecular complexity index is 995. The Hall–Kier alpha value is -2.65. The molecule has 0 aliphatic carbocycles. The predicted octanol–water partition coefficient (Wildman–Crippen LogP) is 1.98. The number of phenolic OH excluding ortho intramolecular Hbond substituents is 1. The quantitative estimate of drug-likeness (QED) is 0.812. The van der Waals surface area contributed by atoms with E-state index in [-0.39, 0.29) is 0 Å². The van der Waals surface area contributed by atoms with E-state index in [9.17, 15) is 22.7 Å². The number of carbonyl (C=O) groups excluding carboxylic acids is 1. The number of phenols is 1. The molecule has 0 saturated carbocycles. The number of halogens is 1. The molecule has 7 nitrogen and oxygen atoms in total. The van der Waals surface area contributed by atoms with Crippen molar-refractivity contribution in [2.45, 2.75) is 19.4 Å². The van der Waals surface area contributed by atoms with E-state index in [0.29, 0.717) is 15.4 Å². The van der Waals surface area contributed by atoms with Crippen molar-refractivity contribution in [3.63, 3.8) is 0 Å². The van der Waals surface area contributed by atoms with Crippen LogP contribution in [0.5, 0.6) is 5.75 Å². The number of anilines is 1. The molecule has 2 aliphatic heterocycles. The highest BCUT2D eigenvalue weighted by molar-refractivity contribution is 7.92. The lowest BCUT2D eigenvalue weighted by atomic mass is 10.0. The van der Waals surface area contributed by atoms with Gasteiger partial charge in [0.15, 0.2) is 5.82 Å². The second kappa shape index (κ2) is 7.06. The lowest BCUT2D eigenvalue weighted by Gasteiger charge is -2.18. The second-order valence-electron chi connectivity index (χ2n) is 7.04. The molecule has 0 bridgehead atoms. The zero-order valence-corrected chi connectivity index (χ0v) is 15.9. The van der Waals surface area contributed by atoms with Gasteiger partial charge in [-0.25, -0.2) is 13.4 Å². The number of rotatable bonds is 4. The monoisotopic (exact) mass is 405 g/mol. The van der Waals surface area contributed by atoms with Crippen molar-refractivity contribution in [3.8, 4) is 16.9 Å². The molecule has 148 valence electrons. The summed E-state index contributed by atoms with van der Waals surface area (Å²) in [6, 6.07) is 10.1. The molecule has 2 heterocycles. The Morgan fingerprint density at radius 1 is 1.07 bits per heavy atom. The Morgan fingerprint density at radius 3 is 2.32 bits per heavy atom. The fourth-order valence-electron chi connectivity index (χ4n) is 3.65. The first kappa shape index (κ1) is 18.7. The molecule has 2 saturated heterocycles. The lowest BCUT2D eigenvalue weighted by Crippen LogP contribution is -2.30. The van der Waals surface area contributed by atoms with Crippen LogP contribution in [0.1, 0.15) is 18.4 Å². The van der Waals surface area contributed by atoms with Gasteiger partial charge in [0.25, 0.3) is 5.91 Å². The highest BCUT2D eigenvalue weighted by atomic mass is 32.2. The number of aromatic hydroxyl groups is 1. The normalized spacial score (nSPS) is 19.2. The van der Waals surface area contributed by atoms with Crippen molar-refractivity contribution < 1.29 is 22.7 Å². The smallest absolute Gasteiger partial charge is 0.326 e. The van der Waals surface area contributed by atoms with E-state index in [4.69, 9.17) is 0 Å². The molecule has 0 spiro atoms. The summed E-state index contributed by atoms with van der Waals surface area (Å²) in [5.41, 5.74) is 1.74. The van der Waals surface area contributed by atoms with E-state index in [2.05, 4.69) is 4.90 Å². The summed E-state index contributed by atoms with van der Waals surface area (Å²) in [5, 5.41) is 10.3. The van der Waals surface area contributed by atoms with E-state index in [1.807, 2.05) is 24.3 Å². The van der Waals surface area contributed by atoms with Gasteiger partial charge in [-0.05, 0) is 54.8 Å². The third-order valence-electron chi connectivity index (χ3n) is 5.00. The minimum absolute atomic E-state index is 0.419. The minimum atomic E-state index is -4.20. The fraction of sp³-hybridized carbons (Fsp3) is 0.316. The maximum atomic E-state index is 14.7. The molecule has 2 aromatic carbocycles. The molecule has 0 aromatic heterocycles. The minimum Gasteiger partial charge on any atom is -0.506 e. The molecule has 2 aliphatic rings. The van der Waals surface area contributed by atoms with E-state index in [0.717, 1.165) is 31.3 Å². The van der Waals surface area contributed by atoms with Gasteiger partial charge < -0.3 is 5.11 Å². The molecule has 9 heteroatoms. The zero-order valence-electron chi connectivity index (χ0n) is 15.1. The van der Waals surface area contributed by atoms with Gasteiger partial charge >= 0.3 is 10.2 Å². The number of nitrogens with one attached hydrogen (secondary N) is 1. The Kier molecular flexibility index (Phi) is 4.72. The molecule has 4 rings (SSSR count). The first-order valence-electron chi connectivity index (χ1n) is 9.01. The van der Waals surface area contributed by atoms with Crippen LogP contribution in [0.4, 0.5) is 10.1 Å². The average molecular weight is 405 g/mol. The summed E-state index contributed by atoms with van der Waals surface area (Å²) in [6.45, 7) is 2.49. The molecule has 0 unspecified atom stereocenters. The van der Waals surface area contributed by atoms with Gasteiger partial charge in [0, 0.05) is 6.54 Å². The number of carbonyl (C=O) groups is 1. The van der Waals surface area contributed by atoms with Gasteiger partial charge in [0.05, 0.1) is 0 Å². The molecule has 1 amide bonds. The van der Waals surface area contributed by atoms with Crippen LogP contribution >= 0.6 is 0 Å². The molecule has 0 radical (unpaired) electrons. The maximum Gasteiger partial charge on any atom is 0.326 e. The molecule has 2 aromatic rings. The maximum absolute atomic E-state index is 14.7. The van der Waals surface area contributed by atoms with Gasteiger partial charge in [0.1, 0.15) is 18.0 Å². The summed E-state index contributed by atoms with van der Waals surface area (Å²) >= 11 is 0. The number of benzene rings is 2. The van der Waals surface area contributed by atoms with Crippen LogP contribution in [0, 0.1) is 5.82 Å². The van der Waals surface area contributed by atoms with Gasteiger partial charge in [-0.3, -0.25) is 9.69 Å². The third-order valence-corrected chi connectivity index (χ3v) is 6.38. The van der Waals surface area contributed by atoms with Crippen LogP contribution in [0.25, 0.3) is 11.1 Å². The van der Waals surface area contributed by atoms with Crippen molar-refractivity contribution in [1.82, 2.24) is 9.62 Å². The van der Waals surface area contributed by atoms with Crippen LogP contribution < -0.4 is 9.03 Å². The summed E-state index contributed by atoms with van der Waals surface area (Å²) in [7, 11) is -4.20. The summed E-state index contributed by atoms with van der Waals surface area (Å²) < 4.78 is 40.8. The van der Waals surface area contributed by atoms with Gasteiger partial charge in [0.2, 0.25) is 0 Å². The number of hydrogen-bond donors (Lipinski definition) is 2.